The molecule has 2 aromatic carbocycles. The molecule has 0 radical (unpaired) electrons. The number of imidazole rings is 1. The van der Waals surface area contributed by atoms with Gasteiger partial charge < -0.3 is 14.6 Å². The van der Waals surface area contributed by atoms with Gasteiger partial charge in [0, 0.05) is 17.2 Å². The first-order chi connectivity index (χ1) is 12.5. The van der Waals surface area contributed by atoms with Crippen LogP contribution in [0.3, 0.4) is 0 Å². The van der Waals surface area contributed by atoms with Gasteiger partial charge in [-0.25, -0.2) is 4.98 Å². The summed E-state index contributed by atoms with van der Waals surface area (Å²) in [6.07, 6.45) is 0. The highest BCUT2D eigenvalue weighted by Gasteiger charge is 2.19. The molecule has 0 fully saturated rings. The first kappa shape index (κ1) is 18.7. The molecular weight excluding hydrogens is 373 g/mol. The lowest BCUT2D eigenvalue weighted by Gasteiger charge is -2.17. The Morgan fingerprint density at radius 2 is 2.04 bits per heavy atom. The molecule has 1 aromatic heterocycles. The minimum absolute atomic E-state index is 0.00752. The molecule has 1 atom stereocenters. The average Bonchev–Trinajstić information content (AvgIpc) is 2.96. The van der Waals surface area contributed by atoms with E-state index in [0.717, 1.165) is 22.4 Å². The van der Waals surface area contributed by atoms with Crippen LogP contribution in [0.5, 0.6) is 0 Å². The van der Waals surface area contributed by atoms with Crippen molar-refractivity contribution in [3.05, 3.63) is 63.9 Å². The number of methoxy groups -OCH3 is 1. The lowest BCUT2D eigenvalue weighted by Crippen LogP contribution is -2.31. The zero-order valence-corrected chi connectivity index (χ0v) is 16.0. The summed E-state index contributed by atoms with van der Waals surface area (Å²) in [5.41, 5.74) is 2.76. The summed E-state index contributed by atoms with van der Waals surface area (Å²) in [4.78, 5) is 16.6. The SMILES string of the molecule is COCC(=O)NC(C)c1nc2ccccc2n1Cc1ccc(Cl)cc1Cl. The molecule has 0 bridgehead atoms. The Labute approximate surface area is 161 Å². The highest BCUT2D eigenvalue weighted by Crippen LogP contribution is 2.26. The Kier molecular flexibility index (Phi) is 5.81. The number of nitrogens with zero attached hydrogens (tertiary/aromatic N) is 2. The van der Waals surface area contributed by atoms with Crippen LogP contribution in [0.2, 0.25) is 10.0 Å². The minimum Gasteiger partial charge on any atom is -0.375 e. The van der Waals surface area contributed by atoms with Gasteiger partial charge in [0.1, 0.15) is 12.4 Å². The summed E-state index contributed by atoms with van der Waals surface area (Å²) in [5, 5.41) is 4.09. The van der Waals surface area contributed by atoms with Crippen LogP contribution in [-0.2, 0) is 16.1 Å². The highest BCUT2D eigenvalue weighted by molar-refractivity contribution is 6.35. The Hall–Kier alpha value is -2.08. The molecule has 1 amide bonds. The molecule has 26 heavy (non-hydrogen) atoms. The smallest absolute Gasteiger partial charge is 0.246 e. The van der Waals surface area contributed by atoms with Gasteiger partial charge in [0.2, 0.25) is 5.91 Å². The van der Waals surface area contributed by atoms with Gasteiger partial charge in [0.25, 0.3) is 0 Å². The number of nitrogens with one attached hydrogen (secondary N) is 1. The van der Waals surface area contributed by atoms with Crippen molar-refractivity contribution in [3.8, 4) is 0 Å². The number of benzene rings is 2. The molecule has 1 N–H and O–H groups in total. The van der Waals surface area contributed by atoms with Gasteiger partial charge in [-0.2, -0.15) is 0 Å². The molecule has 1 heterocycles. The summed E-state index contributed by atoms with van der Waals surface area (Å²) in [6, 6.07) is 13.0. The van der Waals surface area contributed by atoms with Crippen LogP contribution < -0.4 is 5.32 Å². The van der Waals surface area contributed by atoms with E-state index in [1.54, 1.807) is 6.07 Å². The fraction of sp³-hybridized carbons (Fsp3) is 0.263. The van der Waals surface area contributed by atoms with Crippen molar-refractivity contribution in [2.45, 2.75) is 19.5 Å². The second-order valence-corrected chi connectivity index (χ2v) is 6.85. The Balaban J connectivity index is 2.00. The third-order valence-corrected chi connectivity index (χ3v) is 4.65. The van der Waals surface area contributed by atoms with Crippen LogP contribution >= 0.6 is 23.2 Å². The second kappa shape index (κ2) is 8.08. The van der Waals surface area contributed by atoms with Crippen LogP contribution in [0.25, 0.3) is 11.0 Å². The fourth-order valence-corrected chi connectivity index (χ4v) is 3.36. The van der Waals surface area contributed by atoms with E-state index in [1.165, 1.54) is 7.11 Å². The standard InChI is InChI=1S/C19H19Cl2N3O2/c1-12(22-18(25)11-26-2)19-23-16-5-3-4-6-17(16)24(19)10-13-7-8-14(20)9-15(13)21/h3-9,12H,10-11H2,1-2H3,(H,22,25). The number of para-hydroxylation sites is 2. The van der Waals surface area contributed by atoms with Crippen molar-refractivity contribution < 1.29 is 9.53 Å². The quantitative estimate of drug-likeness (QED) is 0.684. The van der Waals surface area contributed by atoms with E-state index in [1.807, 2.05) is 43.3 Å². The van der Waals surface area contributed by atoms with Gasteiger partial charge in [-0.15, -0.1) is 0 Å². The first-order valence-corrected chi connectivity index (χ1v) is 8.92. The molecule has 0 aliphatic heterocycles. The van der Waals surface area contributed by atoms with E-state index in [4.69, 9.17) is 32.9 Å². The van der Waals surface area contributed by atoms with E-state index < -0.39 is 0 Å². The molecular formula is C19H19Cl2N3O2. The second-order valence-electron chi connectivity index (χ2n) is 6.00. The minimum atomic E-state index is -0.281. The maximum atomic E-state index is 11.9. The van der Waals surface area contributed by atoms with Gasteiger partial charge in [-0.1, -0.05) is 41.4 Å². The van der Waals surface area contributed by atoms with E-state index >= 15 is 0 Å². The van der Waals surface area contributed by atoms with E-state index in [-0.39, 0.29) is 18.6 Å². The van der Waals surface area contributed by atoms with Crippen LogP contribution in [0.1, 0.15) is 24.4 Å². The number of rotatable bonds is 6. The third kappa shape index (κ3) is 4.01. The summed E-state index contributed by atoms with van der Waals surface area (Å²) >= 11 is 12.4. The molecule has 0 saturated carbocycles. The van der Waals surface area contributed by atoms with Crippen LogP contribution in [0.4, 0.5) is 0 Å². The van der Waals surface area contributed by atoms with Crippen molar-refractivity contribution in [3.63, 3.8) is 0 Å². The van der Waals surface area contributed by atoms with Crippen molar-refractivity contribution in [2.75, 3.05) is 13.7 Å². The number of hydrogen-bond donors (Lipinski definition) is 1. The van der Waals surface area contributed by atoms with E-state index in [9.17, 15) is 4.79 Å². The van der Waals surface area contributed by atoms with Crippen molar-refractivity contribution in [1.29, 1.82) is 0 Å². The maximum Gasteiger partial charge on any atom is 0.246 e. The normalized spacial score (nSPS) is 12.3. The lowest BCUT2D eigenvalue weighted by molar-refractivity contribution is -0.125. The zero-order chi connectivity index (χ0) is 18.7. The van der Waals surface area contributed by atoms with Crippen molar-refractivity contribution in [2.24, 2.45) is 0 Å². The van der Waals surface area contributed by atoms with Gasteiger partial charge in [-0.05, 0) is 36.8 Å². The fourth-order valence-electron chi connectivity index (χ4n) is 2.89. The van der Waals surface area contributed by atoms with Gasteiger partial charge >= 0.3 is 0 Å². The number of fused-ring (bicyclic) bond motifs is 1. The molecule has 1 unspecified atom stereocenters. The Morgan fingerprint density at radius 1 is 1.27 bits per heavy atom. The van der Waals surface area contributed by atoms with Gasteiger partial charge in [-0.3, -0.25) is 4.79 Å². The highest BCUT2D eigenvalue weighted by atomic mass is 35.5. The zero-order valence-electron chi connectivity index (χ0n) is 14.5. The third-order valence-electron chi connectivity index (χ3n) is 4.07. The van der Waals surface area contributed by atoms with Gasteiger partial charge in [0.15, 0.2) is 0 Å². The lowest BCUT2D eigenvalue weighted by atomic mass is 10.2. The molecule has 0 saturated heterocycles. The van der Waals surface area contributed by atoms with Crippen molar-refractivity contribution >= 4 is 40.1 Å². The number of ether oxygens (including phenoxy) is 1. The molecule has 0 aliphatic rings. The monoisotopic (exact) mass is 391 g/mol. The molecule has 7 heteroatoms. The number of halogens is 2. The predicted molar refractivity (Wildman–Crippen MR) is 104 cm³/mol. The Bertz CT molecular complexity index is 940. The first-order valence-electron chi connectivity index (χ1n) is 8.17. The summed E-state index contributed by atoms with van der Waals surface area (Å²) in [6.45, 7) is 2.43. The number of hydrogen-bond acceptors (Lipinski definition) is 3. The molecule has 3 rings (SSSR count). The molecule has 0 aliphatic carbocycles. The summed E-state index contributed by atoms with van der Waals surface area (Å²) < 4.78 is 6.94. The number of amides is 1. The number of aromatic nitrogens is 2. The van der Waals surface area contributed by atoms with Crippen molar-refractivity contribution in [1.82, 2.24) is 14.9 Å². The summed E-state index contributed by atoms with van der Waals surface area (Å²) in [7, 11) is 1.49. The van der Waals surface area contributed by atoms with Crippen LogP contribution in [0.15, 0.2) is 42.5 Å². The molecule has 5 nitrogen and oxygen atoms in total. The van der Waals surface area contributed by atoms with E-state index in [2.05, 4.69) is 9.88 Å². The number of carbonyl (C=O) groups excluding carboxylic acids is 1. The Morgan fingerprint density at radius 3 is 2.77 bits per heavy atom. The predicted octanol–water partition coefficient (Wildman–Crippen LogP) is 4.22. The van der Waals surface area contributed by atoms with E-state index in [0.29, 0.717) is 16.6 Å². The maximum absolute atomic E-state index is 11.9. The summed E-state index contributed by atoms with van der Waals surface area (Å²) in [5.74, 6) is 0.560. The van der Waals surface area contributed by atoms with Gasteiger partial charge in [0.05, 0.1) is 23.6 Å². The average molecular weight is 392 g/mol. The molecule has 0 spiro atoms. The van der Waals surface area contributed by atoms with Crippen LogP contribution in [-0.4, -0.2) is 29.2 Å². The largest absolute Gasteiger partial charge is 0.375 e. The number of carbonyl (C=O) groups is 1. The molecule has 136 valence electrons. The van der Waals surface area contributed by atoms with Crippen LogP contribution in [0, 0.1) is 0 Å². The molecule has 3 aromatic rings. The topological polar surface area (TPSA) is 56.1 Å².